The van der Waals surface area contributed by atoms with Crippen molar-refractivity contribution in [1.29, 1.82) is 0 Å². The molecule has 0 spiro atoms. The van der Waals surface area contributed by atoms with Crippen LogP contribution in [0.5, 0.6) is 0 Å². The molecule has 3 rings (SSSR count). The zero-order valence-electron chi connectivity index (χ0n) is 12.2. The summed E-state index contributed by atoms with van der Waals surface area (Å²) in [5, 5.41) is 4.42. The lowest BCUT2D eigenvalue weighted by Gasteiger charge is -2.11. The summed E-state index contributed by atoms with van der Waals surface area (Å²) in [6.07, 6.45) is 1.35. The summed E-state index contributed by atoms with van der Waals surface area (Å²) >= 11 is 0. The SMILES string of the molecule is CC(=O)[C@H](C)OC(=O)c1cc(C2CC2)nc2onc(C)c12. The summed E-state index contributed by atoms with van der Waals surface area (Å²) in [5.41, 5.74) is 2.12. The molecule has 0 amide bonds. The van der Waals surface area contributed by atoms with Gasteiger partial charge in [-0.3, -0.25) is 4.79 Å². The molecule has 1 aliphatic carbocycles. The molecule has 21 heavy (non-hydrogen) atoms. The van der Waals surface area contributed by atoms with Crippen LogP contribution in [0.25, 0.3) is 11.1 Å². The van der Waals surface area contributed by atoms with Crippen molar-refractivity contribution in [3.8, 4) is 0 Å². The molecule has 1 saturated carbocycles. The van der Waals surface area contributed by atoms with Crippen molar-refractivity contribution in [2.24, 2.45) is 0 Å². The van der Waals surface area contributed by atoms with Crippen molar-refractivity contribution in [1.82, 2.24) is 10.1 Å². The Labute approximate surface area is 121 Å². The maximum absolute atomic E-state index is 12.3. The predicted octanol–water partition coefficient (Wildman–Crippen LogP) is 2.54. The number of rotatable bonds is 4. The molecule has 2 heterocycles. The number of hydrogen-bond acceptors (Lipinski definition) is 6. The van der Waals surface area contributed by atoms with Crippen LogP contribution < -0.4 is 0 Å². The molecule has 110 valence electrons. The number of aryl methyl sites for hydroxylation is 1. The van der Waals surface area contributed by atoms with Crippen molar-refractivity contribution in [3.63, 3.8) is 0 Å². The third kappa shape index (κ3) is 2.53. The summed E-state index contributed by atoms with van der Waals surface area (Å²) in [6.45, 7) is 4.69. The molecule has 2 aromatic rings. The lowest BCUT2D eigenvalue weighted by atomic mass is 10.1. The highest BCUT2D eigenvalue weighted by Crippen LogP contribution is 2.40. The molecular formula is C15H16N2O4. The van der Waals surface area contributed by atoms with Crippen molar-refractivity contribution in [2.75, 3.05) is 0 Å². The van der Waals surface area contributed by atoms with E-state index in [-0.39, 0.29) is 5.78 Å². The van der Waals surface area contributed by atoms with Gasteiger partial charge in [-0.2, -0.15) is 0 Å². The van der Waals surface area contributed by atoms with Crippen LogP contribution in [0.15, 0.2) is 10.6 Å². The van der Waals surface area contributed by atoms with Crippen LogP contribution in [0.1, 0.15) is 54.4 Å². The first-order valence-corrected chi connectivity index (χ1v) is 6.95. The van der Waals surface area contributed by atoms with Crippen LogP contribution in [-0.2, 0) is 9.53 Å². The van der Waals surface area contributed by atoms with E-state index in [1.54, 1.807) is 19.9 Å². The largest absolute Gasteiger partial charge is 0.451 e. The summed E-state index contributed by atoms with van der Waals surface area (Å²) in [6, 6.07) is 1.74. The normalized spacial score (nSPS) is 16.0. The maximum atomic E-state index is 12.3. The number of carbonyl (C=O) groups excluding carboxylic acids is 2. The van der Waals surface area contributed by atoms with Gasteiger partial charge >= 0.3 is 5.97 Å². The number of aromatic nitrogens is 2. The maximum Gasteiger partial charge on any atom is 0.339 e. The second-order valence-electron chi connectivity index (χ2n) is 5.48. The number of fused-ring (bicyclic) bond motifs is 1. The van der Waals surface area contributed by atoms with E-state index >= 15 is 0 Å². The van der Waals surface area contributed by atoms with E-state index < -0.39 is 12.1 Å². The van der Waals surface area contributed by atoms with E-state index in [9.17, 15) is 9.59 Å². The molecule has 0 radical (unpaired) electrons. The molecular weight excluding hydrogens is 272 g/mol. The van der Waals surface area contributed by atoms with Gasteiger partial charge in [-0.05, 0) is 39.7 Å². The fraction of sp³-hybridized carbons (Fsp3) is 0.467. The zero-order valence-corrected chi connectivity index (χ0v) is 12.2. The van der Waals surface area contributed by atoms with Crippen LogP contribution in [-0.4, -0.2) is 28.0 Å². The number of nitrogens with zero attached hydrogens (tertiary/aromatic N) is 2. The van der Waals surface area contributed by atoms with Crippen LogP contribution in [0.3, 0.4) is 0 Å². The number of pyridine rings is 1. The van der Waals surface area contributed by atoms with Crippen molar-refractivity contribution >= 4 is 22.9 Å². The zero-order chi connectivity index (χ0) is 15.1. The number of esters is 1. The predicted molar refractivity (Wildman–Crippen MR) is 74.1 cm³/mol. The van der Waals surface area contributed by atoms with Crippen molar-refractivity contribution in [2.45, 2.75) is 45.6 Å². The first-order valence-electron chi connectivity index (χ1n) is 6.95. The lowest BCUT2D eigenvalue weighted by molar-refractivity contribution is -0.124. The molecule has 1 atom stereocenters. The third-order valence-electron chi connectivity index (χ3n) is 3.71. The van der Waals surface area contributed by atoms with E-state index in [0.717, 1.165) is 18.5 Å². The molecule has 1 fully saturated rings. The molecule has 0 N–H and O–H groups in total. The van der Waals surface area contributed by atoms with Gasteiger partial charge in [-0.15, -0.1) is 0 Å². The highest BCUT2D eigenvalue weighted by atomic mass is 16.5. The lowest BCUT2D eigenvalue weighted by Crippen LogP contribution is -2.22. The average Bonchev–Trinajstić information content (AvgIpc) is 3.22. The topological polar surface area (TPSA) is 82.3 Å². The van der Waals surface area contributed by atoms with Crippen molar-refractivity contribution < 1.29 is 18.8 Å². The molecule has 6 nitrogen and oxygen atoms in total. The van der Waals surface area contributed by atoms with Crippen LogP contribution in [0.4, 0.5) is 0 Å². The summed E-state index contributed by atoms with van der Waals surface area (Å²) in [4.78, 5) is 28.0. The van der Waals surface area contributed by atoms with Gasteiger partial charge in [0.2, 0.25) is 0 Å². The molecule has 0 saturated heterocycles. The van der Waals surface area contributed by atoms with E-state index in [1.165, 1.54) is 6.92 Å². The summed E-state index contributed by atoms with van der Waals surface area (Å²) in [7, 11) is 0. The minimum absolute atomic E-state index is 0.196. The standard InChI is InChI=1S/C15H16N2O4/c1-7-13-11(15(19)20-9(3)8(2)18)6-12(10-4-5-10)16-14(13)21-17-7/h6,9-10H,4-5H2,1-3H3/t9-/m0/s1. The monoisotopic (exact) mass is 288 g/mol. The first kappa shape index (κ1) is 13.7. The molecule has 1 aliphatic rings. The number of ether oxygens (including phenoxy) is 1. The highest BCUT2D eigenvalue weighted by molar-refractivity contribution is 6.04. The average molecular weight is 288 g/mol. The molecule has 0 aromatic carbocycles. The molecule has 0 unspecified atom stereocenters. The Kier molecular flexibility index (Phi) is 3.23. The van der Waals surface area contributed by atoms with Gasteiger partial charge in [0.1, 0.15) is 0 Å². The smallest absolute Gasteiger partial charge is 0.339 e. The Morgan fingerprint density at radius 2 is 2.14 bits per heavy atom. The minimum Gasteiger partial charge on any atom is -0.451 e. The van der Waals surface area contributed by atoms with E-state index in [2.05, 4.69) is 10.1 Å². The van der Waals surface area contributed by atoms with Crippen LogP contribution in [0, 0.1) is 6.92 Å². The van der Waals surface area contributed by atoms with E-state index in [4.69, 9.17) is 9.26 Å². The van der Waals surface area contributed by atoms with E-state index in [0.29, 0.717) is 28.3 Å². The number of carbonyl (C=O) groups is 2. The highest BCUT2D eigenvalue weighted by Gasteiger charge is 2.29. The van der Waals surface area contributed by atoms with Gasteiger partial charge in [0.25, 0.3) is 5.71 Å². The quantitative estimate of drug-likeness (QED) is 0.804. The Morgan fingerprint density at radius 1 is 1.43 bits per heavy atom. The van der Waals surface area contributed by atoms with Crippen LogP contribution >= 0.6 is 0 Å². The van der Waals surface area contributed by atoms with Gasteiger partial charge in [-0.1, -0.05) is 5.16 Å². The molecule has 6 heteroatoms. The molecule has 2 aromatic heterocycles. The van der Waals surface area contributed by atoms with Crippen molar-refractivity contribution in [3.05, 3.63) is 23.0 Å². The molecule has 0 aliphatic heterocycles. The Bertz CT molecular complexity index is 731. The summed E-state index contributed by atoms with van der Waals surface area (Å²) in [5.74, 6) is -0.368. The Balaban J connectivity index is 2.04. The Morgan fingerprint density at radius 3 is 2.76 bits per heavy atom. The fourth-order valence-corrected chi connectivity index (χ4v) is 2.17. The second-order valence-corrected chi connectivity index (χ2v) is 5.48. The Hall–Kier alpha value is -2.24. The van der Waals surface area contributed by atoms with Crippen LogP contribution in [0.2, 0.25) is 0 Å². The molecule has 0 bridgehead atoms. The number of ketones is 1. The summed E-state index contributed by atoms with van der Waals surface area (Å²) < 4.78 is 10.4. The van der Waals surface area contributed by atoms with Gasteiger partial charge in [0.05, 0.1) is 16.6 Å². The second kappa shape index (κ2) is 4.95. The van der Waals surface area contributed by atoms with Gasteiger partial charge < -0.3 is 9.26 Å². The van der Waals surface area contributed by atoms with E-state index in [1.807, 2.05) is 0 Å². The number of hydrogen-bond donors (Lipinski definition) is 0. The minimum atomic E-state index is -0.773. The third-order valence-corrected chi connectivity index (χ3v) is 3.71. The fourth-order valence-electron chi connectivity index (χ4n) is 2.17. The van der Waals surface area contributed by atoms with Gasteiger partial charge in [0, 0.05) is 11.6 Å². The first-order chi connectivity index (χ1) is 9.97. The van der Waals surface area contributed by atoms with Gasteiger partial charge in [-0.25, -0.2) is 9.78 Å². The van der Waals surface area contributed by atoms with Gasteiger partial charge in [0.15, 0.2) is 11.9 Å². The number of Topliss-reactive ketones (excluding diaryl/α,β-unsaturated/α-hetero) is 1.